The van der Waals surface area contributed by atoms with Gasteiger partial charge in [-0.1, -0.05) is 189 Å². The van der Waals surface area contributed by atoms with Crippen LogP contribution in [0.25, 0.3) is 11.1 Å². The van der Waals surface area contributed by atoms with E-state index in [2.05, 4.69) is 43.5 Å². The molecule has 2 atom stereocenters. The fourth-order valence-corrected chi connectivity index (χ4v) is 9.10. The fourth-order valence-electron chi connectivity index (χ4n) is 9.10. The second-order valence-electron chi connectivity index (χ2n) is 20.9. The number of fused-ring (bicyclic) bond motifs is 3. The van der Waals surface area contributed by atoms with Crippen LogP contribution >= 0.6 is 0 Å². The molecule has 73 heavy (non-hydrogen) atoms. The molecule has 0 saturated carbocycles. The molecule has 1 aliphatic carbocycles. The summed E-state index contributed by atoms with van der Waals surface area (Å²) in [7, 11) is 0. The van der Waals surface area contributed by atoms with Gasteiger partial charge in [0, 0.05) is 18.8 Å². The van der Waals surface area contributed by atoms with E-state index in [0.29, 0.717) is 12.8 Å². The first-order chi connectivity index (χ1) is 35.4. The summed E-state index contributed by atoms with van der Waals surface area (Å²) in [4.78, 5) is 66.2. The van der Waals surface area contributed by atoms with Crippen LogP contribution in [0.1, 0.15) is 238 Å². The number of carbonyl (C=O) groups excluding carboxylic acids is 5. The molecule has 408 valence electrons. The minimum atomic E-state index is -1.48. The highest BCUT2D eigenvalue weighted by molar-refractivity contribution is 5.86. The summed E-state index contributed by atoms with van der Waals surface area (Å²) in [5, 5.41) is 2.52. The van der Waals surface area contributed by atoms with E-state index >= 15 is 0 Å². The number of allylic oxidation sites excluding steroid dienone is 4. The van der Waals surface area contributed by atoms with Gasteiger partial charge in [-0.15, -0.1) is 0 Å². The van der Waals surface area contributed by atoms with Crippen LogP contribution < -0.4 is 5.32 Å². The number of unbranched alkanes of at least 4 members (excludes halogenated alkanes) is 22. The molecule has 1 N–H and O–H groups in total. The molecule has 11 nitrogen and oxygen atoms in total. The maximum absolute atomic E-state index is 13.7. The Morgan fingerprint density at radius 1 is 0.521 bits per heavy atom. The van der Waals surface area contributed by atoms with E-state index in [1.807, 2.05) is 48.5 Å². The second-order valence-corrected chi connectivity index (χ2v) is 20.9. The molecule has 0 radical (unpaired) electrons. The lowest BCUT2D eigenvalue weighted by Gasteiger charge is -2.23. The molecule has 2 aromatic carbocycles. The van der Waals surface area contributed by atoms with Gasteiger partial charge in [0.1, 0.15) is 31.5 Å². The Bertz CT molecular complexity index is 1870. The number of rotatable bonds is 41. The van der Waals surface area contributed by atoms with E-state index in [0.717, 1.165) is 99.3 Å². The normalized spacial score (nSPS) is 13.1. The van der Waals surface area contributed by atoms with E-state index in [1.54, 1.807) is 20.8 Å². The SMILES string of the molecule is CCCCCCCC/C=C\CCCCCCCC(=O)OCC(COC(=O)C(CC(=O)OC(C)(C)C)NC(=O)OCC1c2ccccc2-c2ccccc21)OC(=O)CCCCCCC/C=C\CCCCCCCC. The highest BCUT2D eigenvalue weighted by Gasteiger charge is 2.32. The zero-order chi connectivity index (χ0) is 52.8. The smallest absolute Gasteiger partial charge is 0.407 e. The summed E-state index contributed by atoms with van der Waals surface area (Å²) in [6, 6.07) is 14.4. The van der Waals surface area contributed by atoms with Gasteiger partial charge in [-0.25, -0.2) is 9.59 Å². The van der Waals surface area contributed by atoms with Crippen molar-refractivity contribution in [1.82, 2.24) is 5.32 Å². The topological polar surface area (TPSA) is 144 Å². The van der Waals surface area contributed by atoms with Crippen LogP contribution in [-0.2, 0) is 42.9 Å². The molecule has 0 spiro atoms. The van der Waals surface area contributed by atoms with Crippen molar-refractivity contribution in [3.8, 4) is 11.1 Å². The van der Waals surface area contributed by atoms with Crippen molar-refractivity contribution < 1.29 is 47.7 Å². The Balaban J connectivity index is 1.51. The first-order valence-corrected chi connectivity index (χ1v) is 28.6. The summed E-state index contributed by atoms with van der Waals surface area (Å²) in [6.45, 7) is 8.80. The van der Waals surface area contributed by atoms with Crippen LogP contribution in [0.5, 0.6) is 0 Å². The maximum atomic E-state index is 13.7. The van der Waals surface area contributed by atoms with Crippen molar-refractivity contribution in [2.24, 2.45) is 0 Å². The number of nitrogens with one attached hydrogen (secondary N) is 1. The van der Waals surface area contributed by atoms with Gasteiger partial charge in [0.15, 0.2) is 6.10 Å². The predicted molar refractivity (Wildman–Crippen MR) is 293 cm³/mol. The molecule has 11 heteroatoms. The van der Waals surface area contributed by atoms with Gasteiger partial charge in [0.25, 0.3) is 0 Å². The summed E-state index contributed by atoms with van der Waals surface area (Å²) >= 11 is 0. The number of hydrogen-bond acceptors (Lipinski definition) is 10. The van der Waals surface area contributed by atoms with E-state index in [-0.39, 0.29) is 32.0 Å². The molecule has 0 fully saturated rings. The molecule has 2 unspecified atom stereocenters. The molecule has 0 saturated heterocycles. The standard InChI is InChI=1S/C62H95NO10/c1-6-8-10-12-14-16-18-20-22-24-26-28-30-32-34-44-57(64)69-47-50(72-58(65)45-35-33-31-29-27-25-23-21-19-17-15-13-11-9-7-2)48-70-60(67)56(46-59(66)73-62(3,4)5)63-61(68)71-49-55-53-42-38-36-40-51(53)52-41-37-39-43-54(52)55/h20-23,36-43,50,55-56H,6-19,24-35,44-49H2,1-5H3,(H,63,68)/b22-20-,23-21-. The van der Waals surface area contributed by atoms with Crippen molar-refractivity contribution in [1.29, 1.82) is 0 Å². The molecule has 1 amide bonds. The van der Waals surface area contributed by atoms with Crippen molar-refractivity contribution in [2.45, 2.75) is 244 Å². The van der Waals surface area contributed by atoms with Crippen molar-refractivity contribution >= 4 is 30.0 Å². The third-order valence-corrected chi connectivity index (χ3v) is 13.1. The molecule has 0 heterocycles. The lowest BCUT2D eigenvalue weighted by atomic mass is 9.98. The molecule has 0 bridgehead atoms. The van der Waals surface area contributed by atoms with Gasteiger partial charge in [0.05, 0.1) is 6.42 Å². The minimum Gasteiger partial charge on any atom is -0.462 e. The zero-order valence-electron chi connectivity index (χ0n) is 45.9. The lowest BCUT2D eigenvalue weighted by Crippen LogP contribution is -2.45. The number of ether oxygens (including phenoxy) is 5. The highest BCUT2D eigenvalue weighted by atomic mass is 16.6. The van der Waals surface area contributed by atoms with E-state index < -0.39 is 60.7 Å². The minimum absolute atomic E-state index is 0.00877. The second kappa shape index (κ2) is 38.6. The third kappa shape index (κ3) is 28.9. The zero-order valence-corrected chi connectivity index (χ0v) is 45.9. The fraction of sp³-hybridized carbons (Fsp3) is 0.661. The number of hydrogen-bond donors (Lipinski definition) is 1. The Hall–Kier alpha value is -4.93. The number of benzene rings is 2. The van der Waals surface area contributed by atoms with Crippen LogP contribution in [0.4, 0.5) is 4.79 Å². The lowest BCUT2D eigenvalue weighted by molar-refractivity contribution is -0.169. The largest absolute Gasteiger partial charge is 0.462 e. The number of amides is 1. The summed E-state index contributed by atoms with van der Waals surface area (Å²) in [5.41, 5.74) is 3.32. The highest BCUT2D eigenvalue weighted by Crippen LogP contribution is 2.44. The van der Waals surface area contributed by atoms with Crippen molar-refractivity contribution in [3.63, 3.8) is 0 Å². The molecular weight excluding hydrogens is 919 g/mol. The third-order valence-electron chi connectivity index (χ3n) is 13.1. The van der Waals surface area contributed by atoms with Crippen LogP contribution in [0.2, 0.25) is 0 Å². The Morgan fingerprint density at radius 3 is 1.42 bits per heavy atom. The van der Waals surface area contributed by atoms with Gasteiger partial charge in [-0.2, -0.15) is 0 Å². The summed E-state index contributed by atoms with van der Waals surface area (Å²) in [6.07, 6.45) is 36.7. The van der Waals surface area contributed by atoms with Gasteiger partial charge >= 0.3 is 30.0 Å². The Morgan fingerprint density at radius 2 is 0.945 bits per heavy atom. The molecule has 3 rings (SSSR count). The maximum Gasteiger partial charge on any atom is 0.407 e. The van der Waals surface area contributed by atoms with Crippen LogP contribution in [0, 0.1) is 0 Å². The van der Waals surface area contributed by atoms with Gasteiger partial charge < -0.3 is 29.0 Å². The molecule has 0 aliphatic heterocycles. The van der Waals surface area contributed by atoms with Crippen molar-refractivity contribution in [2.75, 3.05) is 19.8 Å². The summed E-state index contributed by atoms with van der Waals surface area (Å²) < 4.78 is 28.1. The first-order valence-electron chi connectivity index (χ1n) is 28.6. The number of alkyl carbamates (subject to hydrolysis) is 1. The van der Waals surface area contributed by atoms with Crippen LogP contribution in [0.3, 0.4) is 0 Å². The molecular formula is C62H95NO10. The quantitative estimate of drug-likeness (QED) is 0.0296. The average Bonchev–Trinajstić information content (AvgIpc) is 3.68. The molecule has 2 aromatic rings. The predicted octanol–water partition coefficient (Wildman–Crippen LogP) is 15.7. The van der Waals surface area contributed by atoms with Gasteiger partial charge in [-0.05, 0) is 107 Å². The van der Waals surface area contributed by atoms with Crippen LogP contribution in [-0.4, -0.2) is 67.5 Å². The Labute approximate surface area is 440 Å². The van der Waals surface area contributed by atoms with E-state index in [9.17, 15) is 24.0 Å². The first kappa shape index (κ1) is 62.4. The van der Waals surface area contributed by atoms with E-state index in [4.69, 9.17) is 23.7 Å². The molecule has 0 aromatic heterocycles. The average molecular weight is 1010 g/mol. The monoisotopic (exact) mass is 1010 g/mol. The number of esters is 4. The van der Waals surface area contributed by atoms with Crippen LogP contribution in [0.15, 0.2) is 72.8 Å². The van der Waals surface area contributed by atoms with Crippen molar-refractivity contribution in [3.05, 3.63) is 84.0 Å². The summed E-state index contributed by atoms with van der Waals surface area (Å²) in [5.74, 6) is -2.84. The number of carbonyl (C=O) groups is 5. The Kier molecular flexibility index (Phi) is 33.0. The van der Waals surface area contributed by atoms with E-state index in [1.165, 1.54) is 77.0 Å². The van der Waals surface area contributed by atoms with Gasteiger partial charge in [0.2, 0.25) is 0 Å². The molecule has 1 aliphatic rings. The van der Waals surface area contributed by atoms with Gasteiger partial charge in [-0.3, -0.25) is 14.4 Å².